The lowest BCUT2D eigenvalue weighted by Gasteiger charge is -2.14. The second kappa shape index (κ2) is 2.77. The smallest absolute Gasteiger partial charge is 0.0231 e. The molecule has 0 amide bonds. The Hall–Kier alpha value is -0.260. The minimum absolute atomic E-state index is 0.959. The Labute approximate surface area is 63.3 Å². The molecule has 0 nitrogen and oxygen atoms in total. The van der Waals surface area contributed by atoms with Gasteiger partial charge in [-0.2, -0.15) is 0 Å². The number of rotatable bonds is 2. The molecule has 0 bridgehead atoms. The molecule has 1 unspecified atom stereocenters. The molecule has 0 aliphatic heterocycles. The monoisotopic (exact) mass is 136 g/mol. The lowest BCUT2D eigenvalue weighted by atomic mass is 9.91. The fourth-order valence-corrected chi connectivity index (χ4v) is 1.86. The summed E-state index contributed by atoms with van der Waals surface area (Å²) >= 11 is 0. The van der Waals surface area contributed by atoms with Gasteiger partial charge >= 0.3 is 0 Å². The normalized spacial score (nSPS) is 32.6. The van der Waals surface area contributed by atoms with Crippen molar-refractivity contribution < 1.29 is 0 Å². The van der Waals surface area contributed by atoms with E-state index in [0.717, 1.165) is 11.8 Å². The van der Waals surface area contributed by atoms with E-state index in [-0.39, 0.29) is 0 Å². The zero-order valence-electron chi connectivity index (χ0n) is 6.55. The first-order valence-electron chi connectivity index (χ1n) is 4.62. The molecule has 0 heteroatoms. The van der Waals surface area contributed by atoms with Gasteiger partial charge in [0.05, 0.1) is 0 Å². The Balaban J connectivity index is 1.78. The second-order valence-electron chi connectivity index (χ2n) is 3.80. The van der Waals surface area contributed by atoms with Crippen LogP contribution in [0.3, 0.4) is 0 Å². The molecule has 10 heavy (non-hydrogen) atoms. The summed E-state index contributed by atoms with van der Waals surface area (Å²) in [6.07, 6.45) is 13.6. The van der Waals surface area contributed by atoms with Gasteiger partial charge in [-0.05, 0) is 37.5 Å². The highest BCUT2D eigenvalue weighted by Gasteiger charge is 2.24. The topological polar surface area (TPSA) is 0 Å². The quantitative estimate of drug-likeness (QED) is 0.511. The van der Waals surface area contributed by atoms with Crippen LogP contribution < -0.4 is 0 Å². The van der Waals surface area contributed by atoms with Gasteiger partial charge in [-0.1, -0.05) is 25.0 Å². The summed E-state index contributed by atoms with van der Waals surface area (Å²) in [6.45, 7) is 0. The first kappa shape index (κ1) is 6.45. The summed E-state index contributed by atoms with van der Waals surface area (Å²) in [7, 11) is 0. The van der Waals surface area contributed by atoms with E-state index in [9.17, 15) is 0 Å². The molecular weight excluding hydrogens is 120 g/mol. The van der Waals surface area contributed by atoms with E-state index in [1.54, 1.807) is 0 Å². The molecule has 2 aliphatic carbocycles. The molecule has 2 aliphatic rings. The summed E-state index contributed by atoms with van der Waals surface area (Å²) in [5.41, 5.74) is 0. The molecule has 0 radical (unpaired) electrons. The van der Waals surface area contributed by atoms with Crippen LogP contribution in [-0.2, 0) is 0 Å². The molecule has 2 rings (SSSR count). The molecule has 0 saturated heterocycles. The van der Waals surface area contributed by atoms with Crippen molar-refractivity contribution in [1.29, 1.82) is 0 Å². The first-order valence-corrected chi connectivity index (χ1v) is 4.62. The van der Waals surface area contributed by atoms with Gasteiger partial charge in [0.25, 0.3) is 0 Å². The van der Waals surface area contributed by atoms with Crippen molar-refractivity contribution >= 4 is 0 Å². The van der Waals surface area contributed by atoms with Crippen LogP contribution in [0.2, 0.25) is 0 Å². The fourth-order valence-electron chi connectivity index (χ4n) is 1.86. The molecule has 56 valence electrons. The van der Waals surface area contributed by atoms with Crippen molar-refractivity contribution in [2.24, 2.45) is 11.8 Å². The largest absolute Gasteiger partial charge is 0.0883 e. The molecule has 0 aromatic carbocycles. The third-order valence-electron chi connectivity index (χ3n) is 2.69. The van der Waals surface area contributed by atoms with Gasteiger partial charge in [0, 0.05) is 0 Å². The van der Waals surface area contributed by atoms with Crippen molar-refractivity contribution in [2.45, 2.75) is 38.5 Å². The minimum Gasteiger partial charge on any atom is -0.0883 e. The van der Waals surface area contributed by atoms with Crippen LogP contribution in [-0.4, -0.2) is 0 Å². The number of hydrogen-bond donors (Lipinski definition) is 0. The molecular formula is C10H16. The number of allylic oxidation sites excluding steroid dienone is 2. The average molecular weight is 136 g/mol. The van der Waals surface area contributed by atoms with Crippen LogP contribution in [0.4, 0.5) is 0 Å². The Morgan fingerprint density at radius 1 is 1.20 bits per heavy atom. The van der Waals surface area contributed by atoms with Crippen LogP contribution in [0.25, 0.3) is 0 Å². The van der Waals surface area contributed by atoms with Gasteiger partial charge in [0.2, 0.25) is 0 Å². The van der Waals surface area contributed by atoms with E-state index in [2.05, 4.69) is 12.2 Å². The Kier molecular flexibility index (Phi) is 1.79. The Morgan fingerprint density at radius 3 is 2.70 bits per heavy atom. The number of hydrogen-bond acceptors (Lipinski definition) is 0. The fraction of sp³-hybridized carbons (Fsp3) is 0.800. The maximum Gasteiger partial charge on any atom is -0.0231 e. The standard InChI is InChI=1S/C10H16/c1-2-4-9(5-3-1)8-10-6-7-10/h2,4,9-10H,1,3,5-8H2. The molecule has 0 spiro atoms. The van der Waals surface area contributed by atoms with Gasteiger partial charge in [0.15, 0.2) is 0 Å². The van der Waals surface area contributed by atoms with Gasteiger partial charge < -0.3 is 0 Å². The minimum atomic E-state index is 0.959. The maximum atomic E-state index is 2.45. The van der Waals surface area contributed by atoms with E-state index in [1.165, 1.54) is 38.5 Å². The van der Waals surface area contributed by atoms with Crippen LogP contribution in [0, 0.1) is 11.8 Å². The van der Waals surface area contributed by atoms with E-state index < -0.39 is 0 Å². The molecule has 0 N–H and O–H groups in total. The van der Waals surface area contributed by atoms with Crippen molar-refractivity contribution in [3.8, 4) is 0 Å². The van der Waals surface area contributed by atoms with E-state index in [0.29, 0.717) is 0 Å². The van der Waals surface area contributed by atoms with Crippen molar-refractivity contribution in [2.75, 3.05) is 0 Å². The van der Waals surface area contributed by atoms with Crippen LogP contribution in [0.1, 0.15) is 38.5 Å². The summed E-state index contributed by atoms with van der Waals surface area (Å²) < 4.78 is 0. The lowest BCUT2D eigenvalue weighted by molar-refractivity contribution is 0.478. The van der Waals surface area contributed by atoms with Gasteiger partial charge in [0.1, 0.15) is 0 Å². The summed E-state index contributed by atoms with van der Waals surface area (Å²) in [5.74, 6) is 2.08. The molecule has 1 fully saturated rings. The van der Waals surface area contributed by atoms with Crippen molar-refractivity contribution in [1.82, 2.24) is 0 Å². The Bertz CT molecular complexity index is 131. The molecule has 0 aromatic heterocycles. The average Bonchev–Trinajstić information content (AvgIpc) is 2.74. The highest BCUT2D eigenvalue weighted by atomic mass is 14.3. The third kappa shape index (κ3) is 1.62. The van der Waals surface area contributed by atoms with Gasteiger partial charge in [-0.15, -0.1) is 0 Å². The van der Waals surface area contributed by atoms with Gasteiger partial charge in [-0.25, -0.2) is 0 Å². The van der Waals surface area contributed by atoms with Crippen LogP contribution in [0.15, 0.2) is 12.2 Å². The van der Waals surface area contributed by atoms with Crippen molar-refractivity contribution in [3.63, 3.8) is 0 Å². The highest BCUT2D eigenvalue weighted by Crippen LogP contribution is 2.37. The molecule has 0 aromatic rings. The Morgan fingerprint density at radius 2 is 2.10 bits per heavy atom. The van der Waals surface area contributed by atoms with Gasteiger partial charge in [-0.3, -0.25) is 0 Å². The molecule has 0 heterocycles. The lowest BCUT2D eigenvalue weighted by Crippen LogP contribution is -2.01. The first-order chi connectivity index (χ1) is 4.95. The summed E-state index contributed by atoms with van der Waals surface area (Å²) in [6, 6.07) is 0. The zero-order chi connectivity index (χ0) is 6.81. The van der Waals surface area contributed by atoms with Crippen LogP contribution in [0.5, 0.6) is 0 Å². The SMILES string of the molecule is C1=CC(CC2CC2)CCC1. The second-order valence-corrected chi connectivity index (χ2v) is 3.80. The summed E-state index contributed by atoms with van der Waals surface area (Å²) in [5, 5.41) is 0. The van der Waals surface area contributed by atoms with Crippen molar-refractivity contribution in [3.05, 3.63) is 12.2 Å². The predicted molar refractivity (Wildman–Crippen MR) is 43.8 cm³/mol. The van der Waals surface area contributed by atoms with E-state index in [4.69, 9.17) is 0 Å². The van der Waals surface area contributed by atoms with E-state index in [1.807, 2.05) is 0 Å². The maximum absolute atomic E-state index is 2.45. The highest BCUT2D eigenvalue weighted by molar-refractivity contribution is 4.95. The summed E-state index contributed by atoms with van der Waals surface area (Å²) in [4.78, 5) is 0. The molecule has 1 saturated carbocycles. The zero-order valence-corrected chi connectivity index (χ0v) is 6.55. The predicted octanol–water partition coefficient (Wildman–Crippen LogP) is 3.14. The van der Waals surface area contributed by atoms with Crippen LogP contribution >= 0.6 is 0 Å². The third-order valence-corrected chi connectivity index (χ3v) is 2.69. The molecule has 1 atom stereocenters. The van der Waals surface area contributed by atoms with E-state index >= 15 is 0 Å².